The molecule has 3 aromatic heterocycles. The second kappa shape index (κ2) is 15.8. The molecule has 0 radical (unpaired) electrons. The van der Waals surface area contributed by atoms with E-state index < -0.39 is 5.41 Å². The largest absolute Gasteiger partial charge is 0.453 e. The molecule has 3 aliphatic rings. The zero-order chi connectivity index (χ0) is 46.2. The standard InChI is InChI=1S/C62H38N6O2/c1-4-18-39(19-5-1)42-24-16-25-43(38-42)68-51-30-13-15-32-54(51)70-58-52(68)36-34-49-57(58)69-53-31-14-12-28-46(53)62(49)47-29-17-37-63-55(47)56-48(62)33-35-50(64-56)44-26-10-11-27-45(44)61-66-59(40-20-6-2-7-21-40)65-60(67-61)41-22-8-3-9-23-41/h1-38H. The van der Waals surface area contributed by atoms with Crippen molar-refractivity contribution >= 4 is 17.1 Å². The first-order chi connectivity index (χ1) is 34.7. The van der Waals surface area contributed by atoms with E-state index in [1.54, 1.807) is 0 Å². The van der Waals surface area contributed by atoms with Crippen LogP contribution in [0.2, 0.25) is 0 Å². The quantitative estimate of drug-likeness (QED) is 0.163. The average molecular weight is 899 g/mol. The molecule has 5 heterocycles. The van der Waals surface area contributed by atoms with Crippen LogP contribution in [-0.2, 0) is 5.41 Å². The second-order valence-electron chi connectivity index (χ2n) is 17.5. The van der Waals surface area contributed by atoms with Gasteiger partial charge in [-0.3, -0.25) is 4.98 Å². The van der Waals surface area contributed by atoms with Crippen molar-refractivity contribution in [3.63, 3.8) is 0 Å². The summed E-state index contributed by atoms with van der Waals surface area (Å²) in [7, 11) is 0. The zero-order valence-electron chi connectivity index (χ0n) is 37.4. The molecule has 8 nitrogen and oxygen atoms in total. The van der Waals surface area contributed by atoms with Gasteiger partial charge in [-0.05, 0) is 70.8 Å². The number of anilines is 3. The van der Waals surface area contributed by atoms with Crippen LogP contribution in [0.4, 0.5) is 17.1 Å². The number of aromatic nitrogens is 5. The van der Waals surface area contributed by atoms with Crippen LogP contribution in [-0.4, -0.2) is 24.9 Å². The molecular formula is C62H38N6O2. The molecule has 8 aromatic carbocycles. The van der Waals surface area contributed by atoms with Gasteiger partial charge in [0.15, 0.2) is 34.7 Å². The highest BCUT2D eigenvalue weighted by Crippen LogP contribution is 2.66. The first-order valence-corrected chi connectivity index (χ1v) is 23.3. The summed E-state index contributed by atoms with van der Waals surface area (Å²) >= 11 is 0. The van der Waals surface area contributed by atoms with E-state index in [1.807, 2.05) is 115 Å². The molecule has 0 saturated carbocycles. The fourth-order valence-corrected chi connectivity index (χ4v) is 10.6. The number of hydrogen-bond acceptors (Lipinski definition) is 8. The molecule has 0 bridgehead atoms. The van der Waals surface area contributed by atoms with Gasteiger partial charge in [-0.25, -0.2) is 19.9 Å². The maximum atomic E-state index is 7.11. The smallest absolute Gasteiger partial charge is 0.194 e. The van der Waals surface area contributed by atoms with E-state index in [2.05, 4.69) is 120 Å². The topological polar surface area (TPSA) is 86.2 Å². The van der Waals surface area contributed by atoms with Crippen LogP contribution in [0.3, 0.4) is 0 Å². The predicted octanol–water partition coefficient (Wildman–Crippen LogP) is 15.0. The monoisotopic (exact) mass is 898 g/mol. The van der Waals surface area contributed by atoms with E-state index in [0.29, 0.717) is 29.0 Å². The molecule has 70 heavy (non-hydrogen) atoms. The molecule has 11 aromatic rings. The Morgan fingerprint density at radius 3 is 1.71 bits per heavy atom. The third-order valence-electron chi connectivity index (χ3n) is 13.6. The number of para-hydroxylation sites is 3. The molecule has 328 valence electrons. The van der Waals surface area contributed by atoms with Gasteiger partial charge in [0.1, 0.15) is 5.75 Å². The molecule has 1 atom stereocenters. The number of ether oxygens (including phenoxy) is 2. The summed E-state index contributed by atoms with van der Waals surface area (Å²) in [4.78, 5) is 28.2. The number of nitrogens with zero attached hydrogens (tertiary/aromatic N) is 6. The minimum atomic E-state index is -0.856. The van der Waals surface area contributed by atoms with Crippen LogP contribution in [0.25, 0.3) is 67.9 Å². The molecule has 1 aliphatic carbocycles. The van der Waals surface area contributed by atoms with Crippen molar-refractivity contribution in [3.8, 4) is 90.9 Å². The number of pyridine rings is 2. The Balaban J connectivity index is 0.954. The molecule has 0 saturated heterocycles. The van der Waals surface area contributed by atoms with Crippen molar-refractivity contribution in [2.75, 3.05) is 4.90 Å². The Morgan fingerprint density at radius 1 is 0.357 bits per heavy atom. The SMILES string of the molecule is c1ccc(-c2cccc(N3c4ccccc4Oc4c3ccc3c4Oc4ccccc4C34c3cccnc3-c3nc(-c5ccccc5-c5nc(-c6ccccc6)nc(-c6ccccc6)n5)ccc34)c2)cc1. The fraction of sp³-hybridized carbons (Fsp3) is 0.0161. The van der Waals surface area contributed by atoms with E-state index in [0.717, 1.165) is 101 Å². The minimum absolute atomic E-state index is 0.556. The lowest BCUT2D eigenvalue weighted by molar-refractivity contribution is 0.391. The van der Waals surface area contributed by atoms with Crippen LogP contribution in [0.1, 0.15) is 22.3 Å². The molecule has 8 heteroatoms. The number of benzene rings is 8. The van der Waals surface area contributed by atoms with Gasteiger partial charge in [-0.2, -0.15) is 0 Å². The van der Waals surface area contributed by atoms with Crippen LogP contribution >= 0.6 is 0 Å². The molecule has 14 rings (SSSR count). The van der Waals surface area contributed by atoms with Crippen LogP contribution in [0, 0.1) is 0 Å². The van der Waals surface area contributed by atoms with Gasteiger partial charge in [0, 0.05) is 45.3 Å². The van der Waals surface area contributed by atoms with Gasteiger partial charge in [0.25, 0.3) is 0 Å². The van der Waals surface area contributed by atoms with Crippen molar-refractivity contribution in [1.82, 2.24) is 24.9 Å². The molecule has 1 unspecified atom stereocenters. The Kier molecular flexibility index (Phi) is 8.94. The second-order valence-corrected chi connectivity index (χ2v) is 17.5. The molecule has 0 N–H and O–H groups in total. The lowest BCUT2D eigenvalue weighted by atomic mass is 9.66. The third-order valence-corrected chi connectivity index (χ3v) is 13.6. The van der Waals surface area contributed by atoms with E-state index in [-0.39, 0.29) is 0 Å². The summed E-state index contributed by atoms with van der Waals surface area (Å²) in [6.45, 7) is 0. The highest BCUT2D eigenvalue weighted by atomic mass is 16.5. The van der Waals surface area contributed by atoms with Crippen LogP contribution < -0.4 is 14.4 Å². The van der Waals surface area contributed by atoms with Gasteiger partial charge in [0.05, 0.1) is 33.9 Å². The summed E-state index contributed by atoms with van der Waals surface area (Å²) < 4.78 is 14.1. The highest BCUT2D eigenvalue weighted by molar-refractivity contribution is 5.93. The van der Waals surface area contributed by atoms with E-state index in [1.165, 1.54) is 0 Å². The zero-order valence-corrected chi connectivity index (χ0v) is 37.4. The number of fused-ring (bicyclic) bond motifs is 12. The van der Waals surface area contributed by atoms with Gasteiger partial charge < -0.3 is 14.4 Å². The van der Waals surface area contributed by atoms with Crippen molar-refractivity contribution in [3.05, 3.63) is 253 Å². The molecule has 0 amide bonds. The Morgan fingerprint density at radius 2 is 0.943 bits per heavy atom. The van der Waals surface area contributed by atoms with Crippen LogP contribution in [0.15, 0.2) is 231 Å². The predicted molar refractivity (Wildman–Crippen MR) is 275 cm³/mol. The van der Waals surface area contributed by atoms with Crippen molar-refractivity contribution < 1.29 is 9.47 Å². The minimum Gasteiger partial charge on any atom is -0.453 e. The van der Waals surface area contributed by atoms with Crippen LogP contribution in [0.5, 0.6) is 23.0 Å². The van der Waals surface area contributed by atoms with E-state index >= 15 is 0 Å². The molecule has 0 fully saturated rings. The highest BCUT2D eigenvalue weighted by Gasteiger charge is 2.54. The van der Waals surface area contributed by atoms with Crippen molar-refractivity contribution in [1.29, 1.82) is 0 Å². The lowest BCUT2D eigenvalue weighted by Gasteiger charge is -2.41. The van der Waals surface area contributed by atoms with Crippen molar-refractivity contribution in [2.24, 2.45) is 0 Å². The Labute approximate surface area is 403 Å². The first-order valence-electron chi connectivity index (χ1n) is 23.3. The lowest BCUT2D eigenvalue weighted by Crippen LogP contribution is -2.33. The first kappa shape index (κ1) is 39.6. The normalized spacial score (nSPS) is 14.5. The molecule has 2 aliphatic heterocycles. The summed E-state index contributed by atoms with van der Waals surface area (Å²) in [6, 6.07) is 76.8. The van der Waals surface area contributed by atoms with E-state index in [4.69, 9.17) is 34.4 Å². The maximum Gasteiger partial charge on any atom is 0.194 e. The van der Waals surface area contributed by atoms with Gasteiger partial charge >= 0.3 is 0 Å². The summed E-state index contributed by atoms with van der Waals surface area (Å²) in [5, 5.41) is 0. The van der Waals surface area contributed by atoms with Gasteiger partial charge in [-0.15, -0.1) is 0 Å². The Hall–Kier alpha value is -9.53. The fourth-order valence-electron chi connectivity index (χ4n) is 10.6. The maximum absolute atomic E-state index is 7.11. The summed E-state index contributed by atoms with van der Waals surface area (Å²) in [5.74, 6) is 4.49. The van der Waals surface area contributed by atoms with E-state index in [9.17, 15) is 0 Å². The summed E-state index contributed by atoms with van der Waals surface area (Å²) in [6.07, 6.45) is 1.85. The van der Waals surface area contributed by atoms with Crippen molar-refractivity contribution in [2.45, 2.75) is 5.41 Å². The van der Waals surface area contributed by atoms with Gasteiger partial charge in [-0.1, -0.05) is 176 Å². The summed E-state index contributed by atoms with van der Waals surface area (Å²) in [5.41, 5.74) is 14.1. The number of rotatable bonds is 6. The van der Waals surface area contributed by atoms with Gasteiger partial charge in [0.2, 0.25) is 0 Å². The molecule has 1 spiro atoms. The number of hydrogen-bond donors (Lipinski definition) is 0. The molecular weight excluding hydrogens is 861 g/mol. The average Bonchev–Trinajstić information content (AvgIpc) is 3.72. The third kappa shape index (κ3) is 6.06. The Bertz CT molecular complexity index is 3810.